The van der Waals surface area contributed by atoms with Crippen LogP contribution in [0, 0.1) is 5.92 Å². The summed E-state index contributed by atoms with van der Waals surface area (Å²) in [7, 11) is 0. The molecule has 1 atom stereocenters. The van der Waals surface area contributed by atoms with Gasteiger partial charge in [-0.15, -0.1) is 0 Å². The molecule has 1 aromatic carbocycles. The Morgan fingerprint density at radius 3 is 2.30 bits per heavy atom. The number of carboxylic acid groups (broad SMARTS) is 1. The third-order valence-corrected chi connectivity index (χ3v) is 3.37. The molecule has 0 spiro atoms. The number of carbonyl (C=O) groups excluding carboxylic acids is 3. The molecule has 0 fully saturated rings. The van der Waals surface area contributed by atoms with E-state index in [1.807, 2.05) is 6.92 Å². The SMILES string of the molecule is CCC[C@H](CCC(=O)Nc1ccc(C(=O)OCC)cc1)C(=O)[O-]. The highest BCUT2D eigenvalue weighted by atomic mass is 16.5. The van der Waals surface area contributed by atoms with Gasteiger partial charge in [0.1, 0.15) is 0 Å². The van der Waals surface area contributed by atoms with E-state index in [0.29, 0.717) is 24.3 Å². The van der Waals surface area contributed by atoms with Crippen molar-refractivity contribution in [1.82, 2.24) is 0 Å². The van der Waals surface area contributed by atoms with Crippen molar-refractivity contribution in [3.8, 4) is 0 Å². The number of ether oxygens (including phenoxy) is 1. The first-order chi connectivity index (χ1) is 11.0. The molecule has 1 amide bonds. The van der Waals surface area contributed by atoms with Crippen molar-refractivity contribution in [1.29, 1.82) is 0 Å². The molecule has 1 N–H and O–H groups in total. The van der Waals surface area contributed by atoms with Crippen molar-refractivity contribution in [2.45, 2.75) is 39.5 Å². The molecule has 0 aliphatic heterocycles. The summed E-state index contributed by atoms with van der Waals surface area (Å²) in [5.41, 5.74) is 0.952. The monoisotopic (exact) mass is 320 g/mol. The molecule has 0 aromatic heterocycles. The number of carboxylic acids is 1. The van der Waals surface area contributed by atoms with Crippen LogP contribution in [0.3, 0.4) is 0 Å². The molecule has 1 rings (SSSR count). The second-order valence-corrected chi connectivity index (χ2v) is 5.19. The second kappa shape index (κ2) is 9.61. The third kappa shape index (κ3) is 6.50. The predicted octanol–water partition coefficient (Wildman–Crippen LogP) is 1.75. The molecular formula is C17H22NO5-. The second-order valence-electron chi connectivity index (χ2n) is 5.19. The summed E-state index contributed by atoms with van der Waals surface area (Å²) < 4.78 is 4.87. The minimum atomic E-state index is -1.11. The van der Waals surface area contributed by atoms with Crippen molar-refractivity contribution in [2.75, 3.05) is 11.9 Å². The highest BCUT2D eigenvalue weighted by Crippen LogP contribution is 2.15. The van der Waals surface area contributed by atoms with Gasteiger partial charge in [0.25, 0.3) is 0 Å². The van der Waals surface area contributed by atoms with Gasteiger partial charge >= 0.3 is 5.97 Å². The number of rotatable bonds is 9. The Kier molecular flexibility index (Phi) is 7.80. The lowest BCUT2D eigenvalue weighted by atomic mass is 9.98. The van der Waals surface area contributed by atoms with Gasteiger partial charge in [0.15, 0.2) is 0 Å². The molecule has 0 bridgehead atoms. The zero-order valence-corrected chi connectivity index (χ0v) is 13.5. The molecule has 0 heterocycles. The molecule has 126 valence electrons. The number of amides is 1. The summed E-state index contributed by atoms with van der Waals surface area (Å²) in [4.78, 5) is 34.3. The van der Waals surface area contributed by atoms with E-state index >= 15 is 0 Å². The summed E-state index contributed by atoms with van der Waals surface area (Å²) in [5.74, 6) is -2.40. The number of esters is 1. The first-order valence-corrected chi connectivity index (χ1v) is 7.75. The molecule has 0 radical (unpaired) electrons. The Hall–Kier alpha value is -2.37. The fourth-order valence-corrected chi connectivity index (χ4v) is 2.16. The van der Waals surface area contributed by atoms with E-state index in [4.69, 9.17) is 4.74 Å². The van der Waals surface area contributed by atoms with Crippen molar-refractivity contribution in [2.24, 2.45) is 5.92 Å². The van der Waals surface area contributed by atoms with E-state index in [9.17, 15) is 19.5 Å². The molecular weight excluding hydrogens is 298 g/mol. The molecule has 0 aliphatic carbocycles. The van der Waals surface area contributed by atoms with Gasteiger partial charge in [-0.3, -0.25) is 4.79 Å². The Labute approximate surface area is 135 Å². The van der Waals surface area contributed by atoms with Crippen LogP contribution in [-0.2, 0) is 14.3 Å². The van der Waals surface area contributed by atoms with Crippen LogP contribution in [0.15, 0.2) is 24.3 Å². The topological polar surface area (TPSA) is 95.5 Å². The Balaban J connectivity index is 2.51. The Morgan fingerprint density at radius 2 is 1.78 bits per heavy atom. The molecule has 23 heavy (non-hydrogen) atoms. The molecule has 1 aromatic rings. The first-order valence-electron chi connectivity index (χ1n) is 7.75. The summed E-state index contributed by atoms with van der Waals surface area (Å²) in [6.07, 6.45) is 1.60. The van der Waals surface area contributed by atoms with E-state index in [-0.39, 0.29) is 18.7 Å². The smallest absolute Gasteiger partial charge is 0.338 e. The molecule has 0 unspecified atom stereocenters. The lowest BCUT2D eigenvalue weighted by Gasteiger charge is -2.16. The van der Waals surface area contributed by atoms with Crippen molar-refractivity contribution < 1.29 is 24.2 Å². The van der Waals surface area contributed by atoms with Crippen LogP contribution in [0.2, 0.25) is 0 Å². The zero-order chi connectivity index (χ0) is 17.2. The van der Waals surface area contributed by atoms with Gasteiger partial charge in [0.2, 0.25) is 5.91 Å². The number of hydrogen-bond acceptors (Lipinski definition) is 5. The number of hydrogen-bond donors (Lipinski definition) is 1. The van der Waals surface area contributed by atoms with Crippen LogP contribution in [0.4, 0.5) is 5.69 Å². The van der Waals surface area contributed by atoms with Crippen LogP contribution in [0.5, 0.6) is 0 Å². The first kappa shape index (κ1) is 18.7. The highest BCUT2D eigenvalue weighted by Gasteiger charge is 2.12. The van der Waals surface area contributed by atoms with E-state index in [1.165, 1.54) is 0 Å². The van der Waals surface area contributed by atoms with Gasteiger partial charge in [-0.25, -0.2) is 4.79 Å². The van der Waals surface area contributed by atoms with Crippen molar-refractivity contribution in [3.63, 3.8) is 0 Å². The number of nitrogens with one attached hydrogen (secondary N) is 1. The van der Waals surface area contributed by atoms with Gasteiger partial charge in [-0.05, 0) is 49.9 Å². The maximum Gasteiger partial charge on any atom is 0.338 e. The standard InChI is InChI=1S/C17H23NO5/c1-3-5-12(16(20)21)8-11-15(19)18-14-9-6-13(7-10-14)17(22)23-4-2/h6-7,9-10,12H,3-5,8,11H2,1-2H3,(H,18,19)(H,20,21)/p-1/t12-/m1/s1. The zero-order valence-electron chi connectivity index (χ0n) is 13.5. The average molecular weight is 320 g/mol. The third-order valence-electron chi connectivity index (χ3n) is 3.37. The van der Waals surface area contributed by atoms with Crippen LogP contribution in [0.25, 0.3) is 0 Å². The van der Waals surface area contributed by atoms with E-state index in [0.717, 1.165) is 6.42 Å². The normalized spacial score (nSPS) is 11.6. The van der Waals surface area contributed by atoms with Crippen LogP contribution in [0.1, 0.15) is 49.9 Å². The van der Waals surface area contributed by atoms with Gasteiger partial charge in [-0.2, -0.15) is 0 Å². The molecule has 0 saturated heterocycles. The predicted molar refractivity (Wildman–Crippen MR) is 83.7 cm³/mol. The summed E-state index contributed by atoms with van der Waals surface area (Å²) in [5, 5.41) is 13.6. The quantitative estimate of drug-likeness (QED) is 0.699. The fraction of sp³-hybridized carbons (Fsp3) is 0.471. The molecule has 0 saturated carbocycles. The number of anilines is 1. The van der Waals surface area contributed by atoms with E-state index in [2.05, 4.69) is 5.32 Å². The maximum absolute atomic E-state index is 11.8. The van der Waals surface area contributed by atoms with Crippen LogP contribution >= 0.6 is 0 Å². The highest BCUT2D eigenvalue weighted by molar-refractivity contribution is 5.93. The Morgan fingerprint density at radius 1 is 1.13 bits per heavy atom. The number of benzene rings is 1. The van der Waals surface area contributed by atoms with Crippen molar-refractivity contribution in [3.05, 3.63) is 29.8 Å². The summed E-state index contributed by atoms with van der Waals surface area (Å²) in [6, 6.07) is 6.34. The maximum atomic E-state index is 11.8. The lowest BCUT2D eigenvalue weighted by molar-refractivity contribution is -0.312. The molecule has 6 heteroatoms. The summed E-state index contributed by atoms with van der Waals surface area (Å²) >= 11 is 0. The van der Waals surface area contributed by atoms with E-state index < -0.39 is 17.9 Å². The number of aliphatic carboxylic acids is 1. The van der Waals surface area contributed by atoms with E-state index in [1.54, 1.807) is 31.2 Å². The van der Waals surface area contributed by atoms with Gasteiger partial charge in [-0.1, -0.05) is 13.3 Å². The van der Waals surface area contributed by atoms with Crippen LogP contribution in [-0.4, -0.2) is 24.5 Å². The number of carbonyl (C=O) groups is 3. The minimum absolute atomic E-state index is 0.109. The van der Waals surface area contributed by atoms with Crippen molar-refractivity contribution >= 4 is 23.5 Å². The average Bonchev–Trinajstić information content (AvgIpc) is 2.52. The summed E-state index contributed by atoms with van der Waals surface area (Å²) in [6.45, 7) is 3.92. The van der Waals surface area contributed by atoms with Crippen LogP contribution < -0.4 is 10.4 Å². The Bertz CT molecular complexity index is 538. The minimum Gasteiger partial charge on any atom is -0.550 e. The van der Waals surface area contributed by atoms with Gasteiger partial charge < -0.3 is 20.0 Å². The van der Waals surface area contributed by atoms with Gasteiger partial charge in [0.05, 0.1) is 12.2 Å². The fourth-order valence-electron chi connectivity index (χ4n) is 2.16. The molecule has 0 aliphatic rings. The molecule has 6 nitrogen and oxygen atoms in total. The largest absolute Gasteiger partial charge is 0.550 e. The van der Waals surface area contributed by atoms with Gasteiger partial charge in [0, 0.05) is 18.1 Å². The lowest BCUT2D eigenvalue weighted by Crippen LogP contribution is -2.32.